The van der Waals surface area contributed by atoms with Crippen LogP contribution in [0.15, 0.2) is 27.6 Å². The largest absolute Gasteiger partial charge is 0.478 e. The molecule has 1 fully saturated rings. The van der Waals surface area contributed by atoms with Gasteiger partial charge in [-0.05, 0) is 34.1 Å². The Labute approximate surface area is 129 Å². The summed E-state index contributed by atoms with van der Waals surface area (Å²) in [6.45, 7) is 0.238. The molecule has 1 aliphatic heterocycles. The first-order chi connectivity index (χ1) is 9.86. The summed E-state index contributed by atoms with van der Waals surface area (Å²) in [5.74, 6) is -1.14. The number of nitriles is 1. The summed E-state index contributed by atoms with van der Waals surface area (Å²) in [7, 11) is -3.82. The molecule has 112 valence electrons. The Morgan fingerprint density at radius 3 is 2.81 bits per heavy atom. The fourth-order valence-corrected chi connectivity index (χ4v) is 4.37. The van der Waals surface area contributed by atoms with Crippen LogP contribution in [0.1, 0.15) is 10.4 Å². The van der Waals surface area contributed by atoms with Crippen LogP contribution in [0.4, 0.5) is 0 Å². The number of hydrogen-bond donors (Lipinski definition) is 1. The maximum Gasteiger partial charge on any atom is 0.335 e. The molecule has 0 spiro atoms. The van der Waals surface area contributed by atoms with E-state index in [9.17, 15) is 13.2 Å². The number of hydrogen-bond acceptors (Lipinski definition) is 5. The first kappa shape index (κ1) is 15.9. The minimum Gasteiger partial charge on any atom is -0.478 e. The summed E-state index contributed by atoms with van der Waals surface area (Å²) in [5, 5.41) is 17.7. The molecular formula is C12H11BrN2O5S. The van der Waals surface area contributed by atoms with Crippen LogP contribution in [-0.2, 0) is 14.8 Å². The number of benzene rings is 1. The van der Waals surface area contributed by atoms with Crippen LogP contribution in [-0.4, -0.2) is 49.6 Å². The highest BCUT2D eigenvalue weighted by atomic mass is 79.9. The molecule has 21 heavy (non-hydrogen) atoms. The van der Waals surface area contributed by atoms with Crippen molar-refractivity contribution in [1.29, 1.82) is 5.26 Å². The van der Waals surface area contributed by atoms with Crippen molar-refractivity contribution in [3.8, 4) is 6.07 Å². The van der Waals surface area contributed by atoms with Gasteiger partial charge in [0.25, 0.3) is 0 Å². The predicted molar refractivity (Wildman–Crippen MR) is 75.2 cm³/mol. The fraction of sp³-hybridized carbons (Fsp3) is 0.333. The molecule has 1 heterocycles. The number of carboxylic acids is 1. The van der Waals surface area contributed by atoms with Crippen molar-refractivity contribution in [3.05, 3.63) is 28.2 Å². The summed E-state index contributed by atoms with van der Waals surface area (Å²) in [6, 6.07) is 5.57. The number of morpholine rings is 1. The molecule has 1 aromatic carbocycles. The molecule has 0 aromatic heterocycles. The molecule has 0 saturated carbocycles. The zero-order valence-electron chi connectivity index (χ0n) is 10.7. The maximum absolute atomic E-state index is 12.5. The van der Waals surface area contributed by atoms with Crippen molar-refractivity contribution in [1.82, 2.24) is 4.31 Å². The van der Waals surface area contributed by atoms with Gasteiger partial charge in [0.05, 0.1) is 29.7 Å². The van der Waals surface area contributed by atoms with Crippen molar-refractivity contribution in [2.24, 2.45) is 0 Å². The van der Waals surface area contributed by atoms with Crippen LogP contribution in [0.5, 0.6) is 0 Å². The van der Waals surface area contributed by atoms with Crippen LogP contribution < -0.4 is 0 Å². The molecule has 0 amide bonds. The van der Waals surface area contributed by atoms with E-state index in [-0.39, 0.29) is 34.6 Å². The maximum atomic E-state index is 12.5. The molecule has 2 rings (SSSR count). The molecule has 7 nitrogen and oxygen atoms in total. The van der Waals surface area contributed by atoms with Gasteiger partial charge in [-0.1, -0.05) is 0 Å². The Bertz CT molecular complexity index is 713. The van der Waals surface area contributed by atoms with Gasteiger partial charge >= 0.3 is 5.97 Å². The second kappa shape index (κ2) is 6.11. The molecule has 9 heteroatoms. The number of sulfonamides is 1. The van der Waals surface area contributed by atoms with Gasteiger partial charge in [-0.15, -0.1) is 0 Å². The minimum atomic E-state index is -3.82. The molecule has 1 atom stereocenters. The second-order valence-corrected chi connectivity index (χ2v) is 7.06. The average molecular weight is 375 g/mol. The quantitative estimate of drug-likeness (QED) is 0.847. The van der Waals surface area contributed by atoms with E-state index in [1.165, 1.54) is 18.2 Å². The Kier molecular flexibility index (Phi) is 4.63. The third-order valence-corrected chi connectivity index (χ3v) is 5.81. The van der Waals surface area contributed by atoms with Gasteiger partial charge in [-0.2, -0.15) is 9.57 Å². The van der Waals surface area contributed by atoms with E-state index >= 15 is 0 Å². The van der Waals surface area contributed by atoms with E-state index in [0.29, 0.717) is 0 Å². The normalized spacial score (nSPS) is 19.9. The SMILES string of the molecule is N#CC1CN(S(=O)(=O)c2ccc(C(=O)O)cc2Br)CCO1. The lowest BCUT2D eigenvalue weighted by Crippen LogP contribution is -2.45. The number of nitrogens with zero attached hydrogens (tertiary/aromatic N) is 2. The van der Waals surface area contributed by atoms with Crippen LogP contribution in [0.2, 0.25) is 0 Å². The van der Waals surface area contributed by atoms with Gasteiger partial charge in [0.1, 0.15) is 0 Å². The monoisotopic (exact) mass is 374 g/mol. The van der Waals surface area contributed by atoms with Crippen LogP contribution in [0.25, 0.3) is 0 Å². The fourth-order valence-electron chi connectivity index (χ4n) is 1.90. The zero-order valence-corrected chi connectivity index (χ0v) is 13.1. The minimum absolute atomic E-state index is 0.0160. The van der Waals surface area contributed by atoms with Crippen molar-refractivity contribution in [2.45, 2.75) is 11.0 Å². The Balaban J connectivity index is 2.36. The highest BCUT2D eigenvalue weighted by Gasteiger charge is 2.32. The highest BCUT2D eigenvalue weighted by Crippen LogP contribution is 2.27. The van der Waals surface area contributed by atoms with Crippen molar-refractivity contribution < 1.29 is 23.1 Å². The smallest absolute Gasteiger partial charge is 0.335 e. The van der Waals surface area contributed by atoms with Gasteiger partial charge < -0.3 is 9.84 Å². The molecule has 0 bridgehead atoms. The van der Waals surface area contributed by atoms with E-state index < -0.39 is 22.1 Å². The summed E-state index contributed by atoms with van der Waals surface area (Å²) in [5.41, 5.74) is -0.0160. The van der Waals surface area contributed by atoms with Crippen LogP contribution in [0.3, 0.4) is 0 Å². The number of aromatic carboxylic acids is 1. The first-order valence-electron chi connectivity index (χ1n) is 5.90. The summed E-state index contributed by atoms with van der Waals surface area (Å²) >= 11 is 3.08. The van der Waals surface area contributed by atoms with Crippen molar-refractivity contribution in [2.75, 3.05) is 19.7 Å². The van der Waals surface area contributed by atoms with Gasteiger partial charge in [0.2, 0.25) is 10.0 Å². The van der Waals surface area contributed by atoms with E-state index in [2.05, 4.69) is 15.9 Å². The first-order valence-corrected chi connectivity index (χ1v) is 8.14. The lowest BCUT2D eigenvalue weighted by Gasteiger charge is -2.29. The number of ether oxygens (including phenoxy) is 1. The third-order valence-electron chi connectivity index (χ3n) is 2.97. The number of carbonyl (C=O) groups is 1. The molecule has 1 unspecified atom stereocenters. The lowest BCUT2D eigenvalue weighted by molar-refractivity contribution is 0.0311. The average Bonchev–Trinajstić information content (AvgIpc) is 2.46. The molecule has 1 aromatic rings. The second-order valence-electron chi connectivity index (χ2n) is 4.30. The standard InChI is InChI=1S/C12H11BrN2O5S/c13-10-5-8(12(16)17)1-2-11(10)21(18,19)15-3-4-20-9(6-14)7-15/h1-2,5,9H,3-4,7H2,(H,16,17). The van der Waals surface area contributed by atoms with Gasteiger partial charge in [-0.25, -0.2) is 13.2 Å². The van der Waals surface area contributed by atoms with E-state index in [1.807, 2.05) is 6.07 Å². The van der Waals surface area contributed by atoms with E-state index in [0.717, 1.165) is 4.31 Å². The molecule has 0 radical (unpaired) electrons. The van der Waals surface area contributed by atoms with Gasteiger partial charge in [-0.3, -0.25) is 0 Å². The van der Waals surface area contributed by atoms with Crippen molar-refractivity contribution >= 4 is 31.9 Å². The summed E-state index contributed by atoms with van der Waals surface area (Å²) < 4.78 is 31.5. The highest BCUT2D eigenvalue weighted by molar-refractivity contribution is 9.10. The van der Waals surface area contributed by atoms with Crippen LogP contribution in [0, 0.1) is 11.3 Å². The van der Waals surface area contributed by atoms with E-state index in [1.54, 1.807) is 0 Å². The van der Waals surface area contributed by atoms with Crippen LogP contribution >= 0.6 is 15.9 Å². The lowest BCUT2D eigenvalue weighted by atomic mass is 10.2. The molecule has 1 N–H and O–H groups in total. The Hall–Kier alpha value is -1.47. The number of halogens is 1. The van der Waals surface area contributed by atoms with Gasteiger partial charge in [0, 0.05) is 11.0 Å². The summed E-state index contributed by atoms with van der Waals surface area (Å²) in [6.07, 6.45) is -0.800. The number of carboxylic acid groups (broad SMARTS) is 1. The Morgan fingerprint density at radius 2 is 2.24 bits per heavy atom. The van der Waals surface area contributed by atoms with Crippen molar-refractivity contribution in [3.63, 3.8) is 0 Å². The van der Waals surface area contributed by atoms with E-state index in [4.69, 9.17) is 15.1 Å². The Morgan fingerprint density at radius 1 is 1.52 bits per heavy atom. The molecule has 0 aliphatic carbocycles. The molecule has 1 saturated heterocycles. The zero-order chi connectivity index (χ0) is 15.6. The number of rotatable bonds is 3. The molecular weight excluding hydrogens is 364 g/mol. The topological polar surface area (TPSA) is 108 Å². The van der Waals surface area contributed by atoms with Gasteiger partial charge in [0.15, 0.2) is 6.10 Å². The predicted octanol–water partition coefficient (Wildman–Crippen LogP) is 1.06. The molecule has 1 aliphatic rings. The summed E-state index contributed by atoms with van der Waals surface area (Å²) in [4.78, 5) is 10.8. The third kappa shape index (κ3) is 3.24.